The van der Waals surface area contributed by atoms with E-state index in [0.29, 0.717) is 35.4 Å². The average molecular weight is 476 g/mol. The lowest BCUT2D eigenvalue weighted by atomic mass is 9.77. The van der Waals surface area contributed by atoms with Crippen LogP contribution >= 0.6 is 0 Å². The highest BCUT2D eigenvalue weighted by atomic mass is 16.4. The minimum atomic E-state index is -0.809. The summed E-state index contributed by atoms with van der Waals surface area (Å²) < 4.78 is 0. The first-order chi connectivity index (χ1) is 16.7. The average Bonchev–Trinajstić information content (AvgIpc) is 2.82. The summed E-state index contributed by atoms with van der Waals surface area (Å²) in [6, 6.07) is 10.6. The molecule has 1 fully saturated rings. The number of hydrazone groups is 1. The van der Waals surface area contributed by atoms with E-state index < -0.39 is 23.7 Å². The van der Waals surface area contributed by atoms with E-state index in [-0.39, 0.29) is 17.4 Å². The molecule has 0 spiro atoms. The zero-order valence-electron chi connectivity index (χ0n) is 20.0. The van der Waals surface area contributed by atoms with E-state index in [1.807, 2.05) is 19.9 Å². The van der Waals surface area contributed by atoms with Crippen LogP contribution in [0, 0.1) is 19.8 Å². The number of carboxylic acids is 1. The second-order valence-corrected chi connectivity index (χ2v) is 9.29. The topological polar surface area (TPSA) is 119 Å². The van der Waals surface area contributed by atoms with Crippen molar-refractivity contribution in [3.8, 4) is 5.75 Å². The van der Waals surface area contributed by atoms with Gasteiger partial charge < -0.3 is 10.2 Å². The van der Waals surface area contributed by atoms with E-state index in [1.165, 1.54) is 6.08 Å². The van der Waals surface area contributed by atoms with Gasteiger partial charge in [0.05, 0.1) is 17.3 Å². The van der Waals surface area contributed by atoms with Crippen molar-refractivity contribution < 1.29 is 24.6 Å². The quantitative estimate of drug-likeness (QED) is 0.329. The number of phenols is 1. The number of aryl methyl sites for hydroxylation is 2. The fourth-order valence-corrected chi connectivity index (χ4v) is 4.73. The smallest absolute Gasteiger partial charge is 0.306 e. The molecule has 8 nitrogen and oxygen atoms in total. The standard InChI is InChI=1S/C27H29N3O5/c1-15-10-11-20(12-16(15)2)30-23(31)13-17(3)24(26(30)33)29-28-22-9-5-8-21(25(22)32)18-6-4-7-19(14-18)27(34)35/h5,8-13,18-19,28,32H,4,6-7,14H2,1-3H3,(H,34,35)/b29-24+. The second kappa shape index (κ2) is 9.74. The third-order valence-electron chi connectivity index (χ3n) is 6.91. The van der Waals surface area contributed by atoms with E-state index in [4.69, 9.17) is 0 Å². The molecule has 4 rings (SSSR count). The molecule has 0 aromatic heterocycles. The number of nitrogens with one attached hydrogen (secondary N) is 1. The van der Waals surface area contributed by atoms with E-state index >= 15 is 0 Å². The van der Waals surface area contributed by atoms with Gasteiger partial charge in [-0.1, -0.05) is 24.6 Å². The number of carbonyl (C=O) groups is 3. The van der Waals surface area contributed by atoms with Gasteiger partial charge in [0.15, 0.2) is 5.71 Å². The number of benzene rings is 2. The molecule has 0 radical (unpaired) electrons. The number of nitrogens with zero attached hydrogens (tertiary/aromatic N) is 2. The molecule has 35 heavy (non-hydrogen) atoms. The molecule has 3 N–H and O–H groups in total. The summed E-state index contributed by atoms with van der Waals surface area (Å²) in [6.07, 6.45) is 4.04. The molecular weight excluding hydrogens is 446 g/mol. The molecule has 1 saturated carbocycles. The first-order valence-electron chi connectivity index (χ1n) is 11.7. The molecule has 1 heterocycles. The zero-order chi connectivity index (χ0) is 25.3. The Morgan fingerprint density at radius 1 is 1.09 bits per heavy atom. The summed E-state index contributed by atoms with van der Waals surface area (Å²) in [4.78, 5) is 38.4. The number of hydrogen-bond donors (Lipinski definition) is 3. The van der Waals surface area contributed by atoms with Crippen LogP contribution in [0.4, 0.5) is 11.4 Å². The molecule has 2 unspecified atom stereocenters. The number of aromatic hydroxyl groups is 1. The summed E-state index contributed by atoms with van der Waals surface area (Å²) >= 11 is 0. The summed E-state index contributed by atoms with van der Waals surface area (Å²) in [6.45, 7) is 5.50. The van der Waals surface area contributed by atoms with Gasteiger partial charge in [-0.05, 0) is 86.4 Å². The number of amides is 2. The minimum absolute atomic E-state index is 0.0140. The lowest BCUT2D eigenvalue weighted by Gasteiger charge is -2.28. The molecule has 1 aliphatic heterocycles. The number of rotatable bonds is 5. The number of phenolic OH excluding ortho intramolecular Hbond substituents is 1. The number of para-hydroxylation sites is 1. The van der Waals surface area contributed by atoms with Gasteiger partial charge in [-0.25, -0.2) is 4.90 Å². The predicted molar refractivity (Wildman–Crippen MR) is 134 cm³/mol. The van der Waals surface area contributed by atoms with E-state index in [0.717, 1.165) is 28.9 Å². The van der Waals surface area contributed by atoms with Crippen LogP contribution in [0.15, 0.2) is 53.1 Å². The molecule has 2 amide bonds. The van der Waals surface area contributed by atoms with Crippen molar-refractivity contribution in [2.45, 2.75) is 52.4 Å². The van der Waals surface area contributed by atoms with Gasteiger partial charge in [0, 0.05) is 6.08 Å². The van der Waals surface area contributed by atoms with Gasteiger partial charge in [-0.2, -0.15) is 5.10 Å². The molecule has 2 atom stereocenters. The molecule has 2 aromatic rings. The maximum absolute atomic E-state index is 13.2. The van der Waals surface area contributed by atoms with Crippen molar-refractivity contribution in [2.75, 3.05) is 10.3 Å². The van der Waals surface area contributed by atoms with E-state index in [9.17, 15) is 24.6 Å². The fourth-order valence-electron chi connectivity index (χ4n) is 4.73. The summed E-state index contributed by atoms with van der Waals surface area (Å²) in [7, 11) is 0. The van der Waals surface area contributed by atoms with Gasteiger partial charge >= 0.3 is 5.97 Å². The zero-order valence-corrected chi connectivity index (χ0v) is 20.0. The highest BCUT2D eigenvalue weighted by Gasteiger charge is 2.33. The number of aliphatic carboxylic acids is 1. The van der Waals surface area contributed by atoms with Crippen LogP contribution in [0.25, 0.3) is 0 Å². The molecule has 0 bridgehead atoms. The Kier molecular flexibility index (Phi) is 6.73. The van der Waals surface area contributed by atoms with Gasteiger partial charge in [0.1, 0.15) is 5.75 Å². The minimum Gasteiger partial charge on any atom is -0.505 e. The third kappa shape index (κ3) is 4.82. The number of imide groups is 1. The van der Waals surface area contributed by atoms with E-state index in [2.05, 4.69) is 10.5 Å². The van der Waals surface area contributed by atoms with Crippen LogP contribution in [0.2, 0.25) is 0 Å². The van der Waals surface area contributed by atoms with Crippen molar-refractivity contribution in [1.82, 2.24) is 0 Å². The normalized spacial score (nSPS) is 21.7. The highest BCUT2D eigenvalue weighted by molar-refractivity contribution is 6.56. The van der Waals surface area contributed by atoms with Gasteiger partial charge in [-0.3, -0.25) is 19.8 Å². The Morgan fingerprint density at radius 2 is 1.86 bits per heavy atom. The number of anilines is 2. The van der Waals surface area contributed by atoms with Crippen LogP contribution in [-0.4, -0.2) is 33.7 Å². The van der Waals surface area contributed by atoms with Gasteiger partial charge in [0.25, 0.3) is 11.8 Å². The first kappa shape index (κ1) is 24.2. The first-order valence-corrected chi connectivity index (χ1v) is 11.7. The van der Waals surface area contributed by atoms with E-state index in [1.54, 1.807) is 37.3 Å². The third-order valence-corrected chi connectivity index (χ3v) is 6.91. The number of hydrogen-bond acceptors (Lipinski definition) is 6. The van der Waals surface area contributed by atoms with Crippen LogP contribution in [-0.2, 0) is 14.4 Å². The van der Waals surface area contributed by atoms with Gasteiger partial charge in [-0.15, -0.1) is 0 Å². The second-order valence-electron chi connectivity index (χ2n) is 9.29. The molecular formula is C27H29N3O5. The number of carboxylic acid groups (broad SMARTS) is 1. The monoisotopic (exact) mass is 475 g/mol. The van der Waals surface area contributed by atoms with Crippen molar-refractivity contribution in [1.29, 1.82) is 0 Å². The van der Waals surface area contributed by atoms with Crippen LogP contribution in [0.5, 0.6) is 5.75 Å². The summed E-state index contributed by atoms with van der Waals surface area (Å²) in [5.74, 6) is -2.32. The summed E-state index contributed by atoms with van der Waals surface area (Å²) in [5.41, 5.74) is 6.72. The molecule has 0 saturated heterocycles. The SMILES string of the molecule is CC1=CC(=O)N(c2ccc(C)c(C)c2)C(=O)/C1=N/Nc1cccc(C2CCCC(C(=O)O)C2)c1O. The van der Waals surface area contributed by atoms with Crippen molar-refractivity contribution in [3.05, 3.63) is 64.7 Å². The highest BCUT2D eigenvalue weighted by Crippen LogP contribution is 2.42. The van der Waals surface area contributed by atoms with Crippen LogP contribution < -0.4 is 10.3 Å². The maximum atomic E-state index is 13.2. The lowest BCUT2D eigenvalue weighted by molar-refractivity contribution is -0.143. The fraction of sp³-hybridized carbons (Fsp3) is 0.333. The largest absolute Gasteiger partial charge is 0.505 e. The summed E-state index contributed by atoms with van der Waals surface area (Å²) in [5, 5.41) is 24.6. The maximum Gasteiger partial charge on any atom is 0.306 e. The molecule has 8 heteroatoms. The lowest BCUT2D eigenvalue weighted by Crippen LogP contribution is -2.45. The van der Waals surface area contributed by atoms with Crippen LogP contribution in [0.3, 0.4) is 0 Å². The Balaban J connectivity index is 1.60. The van der Waals surface area contributed by atoms with Crippen molar-refractivity contribution >= 4 is 34.9 Å². The molecule has 1 aliphatic carbocycles. The Morgan fingerprint density at radius 3 is 2.57 bits per heavy atom. The van der Waals surface area contributed by atoms with Crippen molar-refractivity contribution in [3.63, 3.8) is 0 Å². The predicted octanol–water partition coefficient (Wildman–Crippen LogP) is 4.66. The Hall–Kier alpha value is -3.94. The molecule has 182 valence electrons. The number of carbonyl (C=O) groups excluding carboxylic acids is 2. The molecule has 2 aliphatic rings. The molecule has 2 aromatic carbocycles. The van der Waals surface area contributed by atoms with Crippen molar-refractivity contribution in [2.24, 2.45) is 11.0 Å². The van der Waals surface area contributed by atoms with Crippen LogP contribution in [0.1, 0.15) is 55.2 Å². The Labute approximate surface area is 204 Å². The Bertz CT molecular complexity index is 1260. The van der Waals surface area contributed by atoms with Gasteiger partial charge in [0.2, 0.25) is 0 Å².